The number of fused-ring (bicyclic) bond motifs is 5. The number of ether oxygens (including phenoxy) is 1. The van der Waals surface area contributed by atoms with Crippen molar-refractivity contribution in [1.29, 1.82) is 0 Å². The summed E-state index contributed by atoms with van der Waals surface area (Å²) in [6, 6.07) is 0. The number of aliphatic hydroxyl groups is 2. The zero-order valence-corrected chi connectivity index (χ0v) is 22.6. The summed E-state index contributed by atoms with van der Waals surface area (Å²) in [7, 11) is 0. The first kappa shape index (κ1) is 26.0. The van der Waals surface area contributed by atoms with Crippen LogP contribution < -0.4 is 0 Å². The van der Waals surface area contributed by atoms with Gasteiger partial charge in [0.1, 0.15) is 0 Å². The molecule has 0 aromatic carbocycles. The molecular weight excluding hydrogens is 408 g/mol. The monoisotopic (exact) mass is 462 g/mol. The third-order valence-electron chi connectivity index (χ3n) is 11.5. The summed E-state index contributed by atoms with van der Waals surface area (Å²) in [4.78, 5) is 0. The molecule has 0 spiro atoms. The molecule has 4 saturated carbocycles. The lowest BCUT2D eigenvalue weighted by Crippen LogP contribution is -2.69. The van der Waals surface area contributed by atoms with E-state index < -0.39 is 5.60 Å². The van der Waals surface area contributed by atoms with Crippen molar-refractivity contribution in [3.63, 3.8) is 0 Å². The number of hydrogen-bond acceptors (Lipinski definition) is 3. The molecule has 0 heterocycles. The highest BCUT2D eigenvalue weighted by atomic mass is 16.5. The van der Waals surface area contributed by atoms with Gasteiger partial charge in [-0.25, -0.2) is 0 Å². The molecule has 4 aliphatic carbocycles. The first-order valence-corrected chi connectivity index (χ1v) is 14.6. The van der Waals surface area contributed by atoms with E-state index in [1.165, 1.54) is 44.9 Å². The van der Waals surface area contributed by atoms with E-state index in [1.54, 1.807) is 0 Å². The molecule has 4 rings (SSSR count). The Balaban J connectivity index is 1.56. The van der Waals surface area contributed by atoms with E-state index in [9.17, 15) is 10.2 Å². The maximum absolute atomic E-state index is 12.1. The Labute approximate surface area is 204 Å². The second-order valence-electron chi connectivity index (χ2n) is 13.7. The van der Waals surface area contributed by atoms with Crippen molar-refractivity contribution in [2.75, 3.05) is 6.61 Å². The molecule has 0 aromatic heterocycles. The maximum atomic E-state index is 12.1. The van der Waals surface area contributed by atoms with Crippen LogP contribution in [-0.4, -0.2) is 34.6 Å². The quantitative estimate of drug-likeness (QED) is 0.409. The molecule has 0 aromatic rings. The Bertz CT molecular complexity index is 663. The third kappa shape index (κ3) is 4.35. The number of aliphatic hydroxyl groups excluding tert-OH is 1. The predicted molar refractivity (Wildman–Crippen MR) is 136 cm³/mol. The predicted octanol–water partition coefficient (Wildman–Crippen LogP) is 6.99. The number of rotatable bonds is 8. The van der Waals surface area contributed by atoms with Crippen molar-refractivity contribution >= 4 is 0 Å². The molecule has 0 saturated heterocycles. The average Bonchev–Trinajstić information content (AvgIpc) is 3.10. The van der Waals surface area contributed by atoms with Crippen LogP contribution in [0, 0.1) is 46.3 Å². The molecule has 0 amide bonds. The highest BCUT2D eigenvalue weighted by molar-refractivity contribution is 5.17. The topological polar surface area (TPSA) is 49.7 Å². The highest BCUT2D eigenvalue weighted by Crippen LogP contribution is 2.69. The molecule has 192 valence electrons. The Morgan fingerprint density at radius 2 is 1.73 bits per heavy atom. The van der Waals surface area contributed by atoms with Gasteiger partial charge in [-0.15, -0.1) is 0 Å². The van der Waals surface area contributed by atoms with Crippen molar-refractivity contribution in [1.82, 2.24) is 0 Å². The van der Waals surface area contributed by atoms with Gasteiger partial charge in [0.05, 0.1) is 17.8 Å². The first-order chi connectivity index (χ1) is 15.6. The van der Waals surface area contributed by atoms with Gasteiger partial charge in [-0.2, -0.15) is 0 Å². The summed E-state index contributed by atoms with van der Waals surface area (Å²) < 4.78 is 6.44. The highest BCUT2D eigenvalue weighted by Gasteiger charge is 2.67. The van der Waals surface area contributed by atoms with Crippen LogP contribution in [0.1, 0.15) is 119 Å². The van der Waals surface area contributed by atoms with Crippen LogP contribution in [0.25, 0.3) is 0 Å². The minimum absolute atomic E-state index is 0.122. The smallest absolute Gasteiger partial charge is 0.0988 e. The maximum Gasteiger partial charge on any atom is 0.0988 e. The fourth-order valence-corrected chi connectivity index (χ4v) is 9.72. The number of hydrogen-bond donors (Lipinski definition) is 2. The summed E-state index contributed by atoms with van der Waals surface area (Å²) in [5.74, 6) is 4.50. The van der Waals surface area contributed by atoms with Crippen LogP contribution in [0.4, 0.5) is 0 Å². The van der Waals surface area contributed by atoms with Crippen LogP contribution >= 0.6 is 0 Å². The van der Waals surface area contributed by atoms with Crippen LogP contribution in [0.15, 0.2) is 0 Å². The van der Waals surface area contributed by atoms with Gasteiger partial charge in [0.2, 0.25) is 0 Å². The Kier molecular flexibility index (Phi) is 7.66. The molecule has 3 nitrogen and oxygen atoms in total. The fourth-order valence-electron chi connectivity index (χ4n) is 9.72. The molecule has 4 fully saturated rings. The zero-order valence-electron chi connectivity index (χ0n) is 22.6. The van der Waals surface area contributed by atoms with Gasteiger partial charge in [0.15, 0.2) is 0 Å². The van der Waals surface area contributed by atoms with Gasteiger partial charge in [0.25, 0.3) is 0 Å². The zero-order chi connectivity index (χ0) is 24.0. The third-order valence-corrected chi connectivity index (χ3v) is 11.5. The minimum Gasteiger partial charge on any atom is -0.393 e. The summed E-state index contributed by atoms with van der Waals surface area (Å²) in [6.07, 6.45) is 13.2. The fraction of sp³-hybridized carbons (Fsp3) is 1.00. The largest absolute Gasteiger partial charge is 0.393 e. The van der Waals surface area contributed by atoms with E-state index in [0.717, 1.165) is 49.4 Å². The van der Waals surface area contributed by atoms with Gasteiger partial charge >= 0.3 is 0 Å². The summed E-state index contributed by atoms with van der Waals surface area (Å²) >= 11 is 0. The van der Waals surface area contributed by atoms with Crippen molar-refractivity contribution in [2.24, 2.45) is 46.3 Å². The van der Waals surface area contributed by atoms with E-state index in [0.29, 0.717) is 30.3 Å². The molecule has 0 unspecified atom stereocenters. The van der Waals surface area contributed by atoms with Crippen LogP contribution in [0.2, 0.25) is 0 Å². The van der Waals surface area contributed by atoms with E-state index in [-0.39, 0.29) is 17.6 Å². The van der Waals surface area contributed by atoms with Gasteiger partial charge < -0.3 is 14.9 Å². The molecule has 0 radical (unpaired) electrons. The Morgan fingerprint density at radius 1 is 0.970 bits per heavy atom. The molecule has 0 bridgehead atoms. The summed E-state index contributed by atoms with van der Waals surface area (Å²) in [6.45, 7) is 15.1. The van der Waals surface area contributed by atoms with Crippen molar-refractivity contribution in [3.05, 3.63) is 0 Å². The lowest BCUT2D eigenvalue weighted by Gasteiger charge is -2.66. The van der Waals surface area contributed by atoms with E-state index in [4.69, 9.17) is 4.74 Å². The van der Waals surface area contributed by atoms with E-state index in [1.807, 2.05) is 0 Å². The second-order valence-corrected chi connectivity index (χ2v) is 13.7. The van der Waals surface area contributed by atoms with Crippen molar-refractivity contribution < 1.29 is 14.9 Å². The van der Waals surface area contributed by atoms with Crippen LogP contribution in [-0.2, 0) is 4.74 Å². The van der Waals surface area contributed by atoms with Gasteiger partial charge in [-0.3, -0.25) is 0 Å². The SMILES string of the molecule is CCCO[C@@H]1C[C@H]2[C@@H]3CC[C@H]([C@H](C)CCCC(C)C)[C@@]3(C)CC[C@@H]2[C@@]2(C)CC[C@H](O)C[C@]12O. The van der Waals surface area contributed by atoms with Gasteiger partial charge in [-0.05, 0) is 92.3 Å². The lowest BCUT2D eigenvalue weighted by molar-refractivity contribution is -0.274. The Morgan fingerprint density at radius 3 is 2.42 bits per heavy atom. The van der Waals surface area contributed by atoms with Gasteiger partial charge in [-0.1, -0.05) is 60.8 Å². The molecule has 2 N–H and O–H groups in total. The summed E-state index contributed by atoms with van der Waals surface area (Å²) in [5.41, 5.74) is -0.555. The normalized spacial score (nSPS) is 48.3. The van der Waals surface area contributed by atoms with E-state index in [2.05, 4.69) is 41.5 Å². The molecule has 3 heteroatoms. The lowest BCUT2D eigenvalue weighted by atomic mass is 9.42. The standard InChI is InChI=1S/C30H54O3/c1-7-17-33-27-18-23-25-12-11-24(21(4)10-8-9-20(2)3)28(25,5)15-14-26(23)29(6)16-13-22(31)19-30(27,29)32/h20-27,31-32H,7-19H2,1-6H3/t21-,22+,23+,24-,25+,26+,27-,28-,29-,30+/m1/s1. The molecular formula is C30H54O3. The molecule has 0 aliphatic heterocycles. The average molecular weight is 463 g/mol. The molecule has 4 aliphatic rings. The van der Waals surface area contributed by atoms with Crippen molar-refractivity contribution in [3.8, 4) is 0 Å². The summed E-state index contributed by atoms with van der Waals surface area (Å²) in [5, 5.41) is 22.7. The van der Waals surface area contributed by atoms with Crippen molar-refractivity contribution in [2.45, 2.75) is 136 Å². The van der Waals surface area contributed by atoms with Crippen LogP contribution in [0.5, 0.6) is 0 Å². The molecule has 33 heavy (non-hydrogen) atoms. The molecule has 10 atom stereocenters. The first-order valence-electron chi connectivity index (χ1n) is 14.6. The van der Waals surface area contributed by atoms with Crippen LogP contribution in [0.3, 0.4) is 0 Å². The second kappa shape index (κ2) is 9.74. The Hall–Kier alpha value is -0.120. The van der Waals surface area contributed by atoms with Gasteiger partial charge in [0, 0.05) is 18.4 Å². The minimum atomic E-state index is -0.878. The van der Waals surface area contributed by atoms with E-state index >= 15 is 0 Å².